The van der Waals surface area contributed by atoms with Crippen molar-refractivity contribution in [2.24, 2.45) is 5.92 Å². The summed E-state index contributed by atoms with van der Waals surface area (Å²) in [6.45, 7) is 10.8. The van der Waals surface area contributed by atoms with Gasteiger partial charge in [-0.05, 0) is 77.3 Å². The van der Waals surface area contributed by atoms with Crippen molar-refractivity contribution in [1.82, 2.24) is 0 Å². The molecule has 3 heteroatoms. The molecule has 0 aliphatic heterocycles. The molecule has 0 aliphatic rings. The van der Waals surface area contributed by atoms with Crippen LogP contribution in [0.3, 0.4) is 0 Å². The zero-order valence-corrected chi connectivity index (χ0v) is 18.7. The zero-order valence-electron chi connectivity index (χ0n) is 18.7. The van der Waals surface area contributed by atoms with E-state index in [1.165, 1.54) is 22.3 Å². The van der Waals surface area contributed by atoms with Crippen LogP contribution in [-0.4, -0.2) is 21.4 Å². The maximum atomic E-state index is 10.1. The van der Waals surface area contributed by atoms with E-state index in [-0.39, 0.29) is 24.7 Å². The van der Waals surface area contributed by atoms with Crippen molar-refractivity contribution in [2.75, 3.05) is 0 Å². The molecule has 0 radical (unpaired) electrons. The van der Waals surface area contributed by atoms with Gasteiger partial charge in [-0.3, -0.25) is 0 Å². The normalized spacial score (nSPS) is 13.1. The lowest BCUT2D eigenvalue weighted by atomic mass is 9.78. The largest absolute Gasteiger partial charge is 0.393 e. The summed E-state index contributed by atoms with van der Waals surface area (Å²) in [5.74, 6) is 0.298. The first kappa shape index (κ1) is 23.6. The summed E-state index contributed by atoms with van der Waals surface area (Å²) >= 11 is 0. The molecule has 0 aliphatic carbocycles. The molecule has 3 nitrogen and oxygen atoms in total. The van der Waals surface area contributed by atoms with Gasteiger partial charge in [0.05, 0.1) is 19.3 Å². The molecule has 2 rings (SSSR count). The Morgan fingerprint density at radius 2 is 1.52 bits per heavy atom. The van der Waals surface area contributed by atoms with Crippen molar-refractivity contribution in [2.45, 2.75) is 85.0 Å². The minimum absolute atomic E-state index is 0.0375. The van der Waals surface area contributed by atoms with Crippen LogP contribution in [-0.2, 0) is 31.5 Å². The first-order valence-electron chi connectivity index (χ1n) is 10.8. The predicted octanol–water partition coefficient (Wildman–Crippen LogP) is 4.84. The zero-order chi connectivity index (χ0) is 21.6. The van der Waals surface area contributed by atoms with Crippen LogP contribution < -0.4 is 0 Å². The average Bonchev–Trinajstić information content (AvgIpc) is 2.70. The summed E-state index contributed by atoms with van der Waals surface area (Å²) in [6, 6.07) is 12.7. The molecule has 0 bridgehead atoms. The van der Waals surface area contributed by atoms with E-state index in [1.54, 1.807) is 0 Å². The summed E-state index contributed by atoms with van der Waals surface area (Å²) in [7, 11) is 0. The molecule has 1 unspecified atom stereocenters. The molecule has 160 valence electrons. The van der Waals surface area contributed by atoms with E-state index in [2.05, 4.69) is 58.9 Å². The number of hydrogen-bond donors (Lipinski definition) is 3. The minimum Gasteiger partial charge on any atom is -0.393 e. The van der Waals surface area contributed by atoms with Gasteiger partial charge in [0.2, 0.25) is 0 Å². The summed E-state index contributed by atoms with van der Waals surface area (Å²) in [4.78, 5) is 0. The Morgan fingerprint density at radius 3 is 2.10 bits per heavy atom. The molecular formula is C26H38O3. The molecule has 1 atom stereocenters. The maximum absolute atomic E-state index is 10.1. The molecule has 0 saturated heterocycles. The van der Waals surface area contributed by atoms with Gasteiger partial charge in [-0.1, -0.05) is 64.1 Å². The summed E-state index contributed by atoms with van der Waals surface area (Å²) in [6.07, 6.45) is 3.39. The lowest BCUT2D eigenvalue weighted by molar-refractivity contribution is 0.116. The fraction of sp³-hybridized carbons (Fsp3) is 0.538. The van der Waals surface area contributed by atoms with Gasteiger partial charge in [-0.25, -0.2) is 0 Å². The van der Waals surface area contributed by atoms with Crippen molar-refractivity contribution in [3.8, 4) is 0 Å². The lowest BCUT2D eigenvalue weighted by Gasteiger charge is -2.27. The molecule has 0 heterocycles. The van der Waals surface area contributed by atoms with Gasteiger partial charge < -0.3 is 15.3 Å². The van der Waals surface area contributed by atoms with Crippen LogP contribution in [0.5, 0.6) is 0 Å². The Hall–Kier alpha value is -1.68. The number of benzene rings is 2. The highest BCUT2D eigenvalue weighted by atomic mass is 16.3. The van der Waals surface area contributed by atoms with Gasteiger partial charge >= 0.3 is 0 Å². The van der Waals surface area contributed by atoms with Crippen molar-refractivity contribution >= 4 is 0 Å². The highest BCUT2D eigenvalue weighted by Crippen LogP contribution is 2.31. The second kappa shape index (κ2) is 10.4. The van der Waals surface area contributed by atoms with E-state index in [0.29, 0.717) is 5.92 Å². The van der Waals surface area contributed by atoms with Gasteiger partial charge in [0, 0.05) is 0 Å². The highest BCUT2D eigenvalue weighted by molar-refractivity contribution is 5.36. The van der Waals surface area contributed by atoms with Crippen LogP contribution in [0.2, 0.25) is 0 Å². The maximum Gasteiger partial charge on any atom is 0.0685 e. The number of aryl methyl sites for hydroxylation is 3. The topological polar surface area (TPSA) is 60.7 Å². The van der Waals surface area contributed by atoms with Crippen LogP contribution in [0, 0.1) is 12.8 Å². The summed E-state index contributed by atoms with van der Waals surface area (Å²) in [5.41, 5.74) is 6.78. The minimum atomic E-state index is -0.244. The fourth-order valence-corrected chi connectivity index (χ4v) is 3.77. The molecule has 0 saturated carbocycles. The number of aliphatic hydroxyl groups excluding tert-OH is 3. The first-order chi connectivity index (χ1) is 13.7. The highest BCUT2D eigenvalue weighted by Gasteiger charge is 2.21. The van der Waals surface area contributed by atoms with Crippen LogP contribution in [0.1, 0.15) is 73.9 Å². The Balaban J connectivity index is 2.06. The average molecular weight is 399 g/mol. The standard InChI is InChI=1S/C26H38O3/c1-18(2)25(29)11-9-21-8-10-24(14-19(21)3)26(4,5)13-12-20-6-7-22(16-27)23(15-20)17-28/h6-8,10,14-15,18,25,27-29H,9,11-13,16-17H2,1-5H3. The van der Waals surface area contributed by atoms with Crippen LogP contribution in [0.4, 0.5) is 0 Å². The van der Waals surface area contributed by atoms with Gasteiger partial charge in [-0.2, -0.15) is 0 Å². The SMILES string of the molecule is Cc1cc(C(C)(C)CCc2ccc(CO)c(CO)c2)ccc1CCC(O)C(C)C. The Kier molecular flexibility index (Phi) is 8.45. The fourth-order valence-electron chi connectivity index (χ4n) is 3.77. The van der Waals surface area contributed by atoms with E-state index in [4.69, 9.17) is 0 Å². The van der Waals surface area contributed by atoms with Crippen molar-refractivity contribution in [1.29, 1.82) is 0 Å². The van der Waals surface area contributed by atoms with Crippen LogP contribution >= 0.6 is 0 Å². The molecule has 2 aromatic rings. The van der Waals surface area contributed by atoms with E-state index >= 15 is 0 Å². The van der Waals surface area contributed by atoms with E-state index < -0.39 is 0 Å². The summed E-state index contributed by atoms with van der Waals surface area (Å²) in [5, 5.41) is 29.0. The monoisotopic (exact) mass is 398 g/mol. The summed E-state index contributed by atoms with van der Waals surface area (Å²) < 4.78 is 0. The Labute approximate surface area is 176 Å². The van der Waals surface area contributed by atoms with E-state index in [9.17, 15) is 15.3 Å². The number of hydrogen-bond acceptors (Lipinski definition) is 3. The molecule has 0 amide bonds. The Morgan fingerprint density at radius 1 is 0.862 bits per heavy atom. The molecule has 0 aromatic heterocycles. The van der Waals surface area contributed by atoms with E-state index in [1.807, 2.05) is 12.1 Å². The molecule has 2 aromatic carbocycles. The first-order valence-corrected chi connectivity index (χ1v) is 10.8. The third-order valence-corrected chi connectivity index (χ3v) is 6.25. The van der Waals surface area contributed by atoms with Crippen LogP contribution in [0.25, 0.3) is 0 Å². The van der Waals surface area contributed by atoms with Crippen LogP contribution in [0.15, 0.2) is 36.4 Å². The molecular weight excluding hydrogens is 360 g/mol. The van der Waals surface area contributed by atoms with Gasteiger partial charge in [-0.15, -0.1) is 0 Å². The van der Waals surface area contributed by atoms with Crippen molar-refractivity contribution in [3.63, 3.8) is 0 Å². The third-order valence-electron chi connectivity index (χ3n) is 6.25. The van der Waals surface area contributed by atoms with Gasteiger partial charge in [0.1, 0.15) is 0 Å². The quantitative estimate of drug-likeness (QED) is 0.537. The third kappa shape index (κ3) is 6.40. The molecule has 29 heavy (non-hydrogen) atoms. The van der Waals surface area contributed by atoms with Crippen molar-refractivity contribution < 1.29 is 15.3 Å². The molecule has 0 fully saturated rings. The molecule has 0 spiro atoms. The van der Waals surface area contributed by atoms with E-state index in [0.717, 1.165) is 36.8 Å². The number of rotatable bonds is 10. The second-order valence-electron chi connectivity index (χ2n) is 9.29. The Bertz CT molecular complexity index is 793. The second-order valence-corrected chi connectivity index (χ2v) is 9.29. The van der Waals surface area contributed by atoms with Crippen molar-refractivity contribution in [3.05, 3.63) is 69.8 Å². The van der Waals surface area contributed by atoms with Gasteiger partial charge in [0.25, 0.3) is 0 Å². The number of aliphatic hydroxyl groups is 3. The molecule has 3 N–H and O–H groups in total. The van der Waals surface area contributed by atoms with Gasteiger partial charge in [0.15, 0.2) is 0 Å². The predicted molar refractivity (Wildman–Crippen MR) is 120 cm³/mol. The smallest absolute Gasteiger partial charge is 0.0685 e. The lowest BCUT2D eigenvalue weighted by Crippen LogP contribution is -2.19.